The van der Waals surface area contributed by atoms with E-state index in [1.165, 1.54) is 0 Å². The largest absolute Gasteiger partial charge is 0.462 e. The van der Waals surface area contributed by atoms with Crippen molar-refractivity contribution in [3.8, 4) is 0 Å². The van der Waals surface area contributed by atoms with Crippen LogP contribution in [0.1, 0.15) is 37.0 Å². The minimum absolute atomic E-state index is 0.251. The number of fused-ring (bicyclic) bond motifs is 1. The van der Waals surface area contributed by atoms with Crippen LogP contribution in [0.5, 0.6) is 0 Å². The monoisotopic (exact) mass is 323 g/mol. The molecule has 3 nitrogen and oxygen atoms in total. The number of hydrogen-bond donors (Lipinski definition) is 0. The van der Waals surface area contributed by atoms with Crippen molar-refractivity contribution >= 4 is 32.8 Å². The number of hydrogen-bond acceptors (Lipinski definition) is 2. The van der Waals surface area contributed by atoms with Gasteiger partial charge in [0.15, 0.2) is 0 Å². The average molecular weight is 324 g/mol. The van der Waals surface area contributed by atoms with Crippen molar-refractivity contribution in [3.05, 3.63) is 34.4 Å². The molecule has 102 valence electrons. The Bertz CT molecular complexity index is 589. The molecule has 0 aliphatic rings. The zero-order valence-electron chi connectivity index (χ0n) is 11.3. The van der Waals surface area contributed by atoms with Crippen molar-refractivity contribution in [3.63, 3.8) is 0 Å². The molecule has 0 aliphatic carbocycles. The van der Waals surface area contributed by atoms with Crippen LogP contribution in [0.25, 0.3) is 10.9 Å². The molecule has 0 fully saturated rings. The first-order valence-corrected chi connectivity index (χ1v) is 7.42. The molecule has 1 aromatic heterocycles. The van der Waals surface area contributed by atoms with Crippen LogP contribution in [0.15, 0.2) is 28.9 Å². The van der Waals surface area contributed by atoms with Gasteiger partial charge in [0.05, 0.1) is 12.2 Å². The second-order valence-electron chi connectivity index (χ2n) is 4.54. The summed E-state index contributed by atoms with van der Waals surface area (Å²) in [7, 11) is 0. The third kappa shape index (κ3) is 3.00. The zero-order chi connectivity index (χ0) is 13.8. The van der Waals surface area contributed by atoms with Gasteiger partial charge in [0, 0.05) is 28.1 Å². The second kappa shape index (κ2) is 6.24. The van der Waals surface area contributed by atoms with E-state index < -0.39 is 0 Å². The second-order valence-corrected chi connectivity index (χ2v) is 5.39. The van der Waals surface area contributed by atoms with E-state index in [1.54, 1.807) is 0 Å². The summed E-state index contributed by atoms with van der Waals surface area (Å²) in [6.07, 6.45) is 3.98. The van der Waals surface area contributed by atoms with Gasteiger partial charge in [-0.15, -0.1) is 0 Å². The van der Waals surface area contributed by atoms with Gasteiger partial charge in [-0.05, 0) is 47.0 Å². The number of halogens is 1. The molecule has 1 heterocycles. The van der Waals surface area contributed by atoms with Crippen LogP contribution in [-0.4, -0.2) is 17.1 Å². The third-order valence-electron chi connectivity index (χ3n) is 2.97. The summed E-state index contributed by atoms with van der Waals surface area (Å²) in [4.78, 5) is 11.8. The van der Waals surface area contributed by atoms with Crippen molar-refractivity contribution in [2.24, 2.45) is 0 Å². The van der Waals surface area contributed by atoms with Crippen molar-refractivity contribution < 1.29 is 9.53 Å². The van der Waals surface area contributed by atoms with E-state index in [0.717, 1.165) is 34.8 Å². The number of benzene rings is 1. The number of carbonyl (C=O) groups is 1. The van der Waals surface area contributed by atoms with E-state index >= 15 is 0 Å². The molecular weight excluding hydrogens is 306 g/mol. The van der Waals surface area contributed by atoms with Gasteiger partial charge in [-0.25, -0.2) is 4.79 Å². The highest BCUT2D eigenvalue weighted by Gasteiger charge is 2.11. The molecule has 0 aliphatic heterocycles. The Morgan fingerprint density at radius 3 is 2.79 bits per heavy atom. The summed E-state index contributed by atoms with van der Waals surface area (Å²) < 4.78 is 8.37. The van der Waals surface area contributed by atoms with E-state index in [9.17, 15) is 4.79 Å². The summed E-state index contributed by atoms with van der Waals surface area (Å²) in [6, 6.07) is 5.71. The van der Waals surface area contributed by atoms with E-state index in [1.807, 2.05) is 25.1 Å². The Labute approximate surface area is 121 Å². The molecule has 2 aromatic rings. The van der Waals surface area contributed by atoms with Crippen LogP contribution in [0.2, 0.25) is 0 Å². The highest BCUT2D eigenvalue weighted by Crippen LogP contribution is 2.27. The predicted octanol–water partition coefficient (Wildman–Crippen LogP) is 4.38. The average Bonchev–Trinajstić information content (AvgIpc) is 2.73. The lowest BCUT2D eigenvalue weighted by Gasteiger charge is -2.05. The fraction of sp³-hybridized carbons (Fsp3) is 0.400. The summed E-state index contributed by atoms with van der Waals surface area (Å²) in [5, 5.41) is 1.05. The first-order valence-electron chi connectivity index (χ1n) is 6.62. The van der Waals surface area contributed by atoms with Crippen molar-refractivity contribution in [1.29, 1.82) is 0 Å². The quantitative estimate of drug-likeness (QED) is 0.764. The number of ether oxygens (including phenoxy) is 1. The van der Waals surface area contributed by atoms with Crippen molar-refractivity contribution in [1.82, 2.24) is 4.57 Å². The molecule has 0 saturated heterocycles. The van der Waals surface area contributed by atoms with E-state index in [-0.39, 0.29) is 5.97 Å². The molecular formula is C15H18BrNO2. The molecule has 0 atom stereocenters. The van der Waals surface area contributed by atoms with Crippen LogP contribution in [0.3, 0.4) is 0 Å². The van der Waals surface area contributed by atoms with Gasteiger partial charge in [-0.2, -0.15) is 0 Å². The maximum atomic E-state index is 11.8. The van der Waals surface area contributed by atoms with Gasteiger partial charge in [-0.3, -0.25) is 0 Å². The molecule has 0 saturated carbocycles. The first kappa shape index (κ1) is 14.1. The number of aromatic nitrogens is 1. The maximum Gasteiger partial charge on any atom is 0.338 e. The lowest BCUT2D eigenvalue weighted by molar-refractivity contribution is 0.0505. The standard InChI is InChI=1S/C15H18BrNO2/c1-3-7-17-10-13(16)12-9-11(5-6-14(12)17)15(18)19-8-4-2/h5-6,9-10H,3-4,7-8H2,1-2H3. The van der Waals surface area contributed by atoms with E-state index in [2.05, 4.69) is 33.6 Å². The van der Waals surface area contributed by atoms with Crippen LogP contribution in [-0.2, 0) is 11.3 Å². The third-order valence-corrected chi connectivity index (χ3v) is 3.60. The predicted molar refractivity (Wildman–Crippen MR) is 80.5 cm³/mol. The number of carbonyl (C=O) groups excluding carboxylic acids is 1. The molecule has 4 heteroatoms. The fourth-order valence-corrected chi connectivity index (χ4v) is 2.65. The number of rotatable bonds is 5. The fourth-order valence-electron chi connectivity index (χ4n) is 2.08. The minimum atomic E-state index is -0.251. The van der Waals surface area contributed by atoms with Gasteiger partial charge in [0.1, 0.15) is 0 Å². The van der Waals surface area contributed by atoms with Crippen LogP contribution >= 0.6 is 15.9 Å². The van der Waals surface area contributed by atoms with Gasteiger partial charge < -0.3 is 9.30 Å². The van der Waals surface area contributed by atoms with Gasteiger partial charge in [0.25, 0.3) is 0 Å². The Kier molecular flexibility index (Phi) is 4.64. The molecule has 0 amide bonds. The highest BCUT2D eigenvalue weighted by atomic mass is 79.9. The Balaban J connectivity index is 2.35. The van der Waals surface area contributed by atoms with Gasteiger partial charge in [-0.1, -0.05) is 13.8 Å². The normalized spacial score (nSPS) is 10.9. The minimum Gasteiger partial charge on any atom is -0.462 e. The Morgan fingerprint density at radius 1 is 1.32 bits per heavy atom. The molecule has 0 spiro atoms. The van der Waals surface area contributed by atoms with Crippen LogP contribution in [0, 0.1) is 0 Å². The Morgan fingerprint density at radius 2 is 2.11 bits per heavy atom. The maximum absolute atomic E-state index is 11.8. The Hall–Kier alpha value is -1.29. The smallest absolute Gasteiger partial charge is 0.338 e. The SMILES string of the molecule is CCCOC(=O)c1ccc2c(c1)c(Br)cn2CCC. The van der Waals surface area contributed by atoms with Crippen molar-refractivity contribution in [2.45, 2.75) is 33.2 Å². The molecule has 19 heavy (non-hydrogen) atoms. The summed E-state index contributed by atoms with van der Waals surface area (Å²) in [6.45, 7) is 5.57. The van der Waals surface area contributed by atoms with Gasteiger partial charge >= 0.3 is 5.97 Å². The lowest BCUT2D eigenvalue weighted by atomic mass is 10.1. The number of aryl methyl sites for hydroxylation is 1. The van der Waals surface area contributed by atoms with Crippen molar-refractivity contribution in [2.75, 3.05) is 6.61 Å². The molecule has 0 bridgehead atoms. The summed E-state index contributed by atoms with van der Waals surface area (Å²) in [5.41, 5.74) is 1.75. The summed E-state index contributed by atoms with van der Waals surface area (Å²) >= 11 is 3.55. The molecule has 1 aromatic carbocycles. The summed E-state index contributed by atoms with van der Waals surface area (Å²) in [5.74, 6) is -0.251. The first-order chi connectivity index (χ1) is 9.17. The molecule has 0 N–H and O–H groups in total. The van der Waals surface area contributed by atoms with Gasteiger partial charge in [0.2, 0.25) is 0 Å². The topological polar surface area (TPSA) is 31.2 Å². The van der Waals surface area contributed by atoms with Crippen LogP contribution in [0.4, 0.5) is 0 Å². The zero-order valence-corrected chi connectivity index (χ0v) is 12.9. The molecule has 0 unspecified atom stereocenters. The van der Waals surface area contributed by atoms with E-state index in [0.29, 0.717) is 12.2 Å². The lowest BCUT2D eigenvalue weighted by Crippen LogP contribution is -2.05. The van der Waals surface area contributed by atoms with Crippen LogP contribution < -0.4 is 0 Å². The highest BCUT2D eigenvalue weighted by molar-refractivity contribution is 9.10. The molecule has 0 radical (unpaired) electrons. The number of esters is 1. The van der Waals surface area contributed by atoms with E-state index in [4.69, 9.17) is 4.74 Å². The number of nitrogens with zero attached hydrogens (tertiary/aromatic N) is 1. The molecule has 2 rings (SSSR count).